The van der Waals surface area contributed by atoms with Crippen LogP contribution in [0.25, 0.3) is 0 Å². The Bertz CT molecular complexity index is 538. The molecule has 0 aromatic heterocycles. The summed E-state index contributed by atoms with van der Waals surface area (Å²) in [5.41, 5.74) is -0.775. The number of carboxylic acids is 1. The number of carbonyl (C=O) groups excluding carboxylic acids is 1. The Morgan fingerprint density at radius 2 is 1.95 bits per heavy atom. The van der Waals surface area contributed by atoms with E-state index in [-0.39, 0.29) is 18.3 Å². The molecule has 1 aromatic carbocycles. The lowest BCUT2D eigenvalue weighted by Crippen LogP contribution is -2.46. The van der Waals surface area contributed by atoms with Crippen molar-refractivity contribution in [2.24, 2.45) is 5.41 Å². The van der Waals surface area contributed by atoms with E-state index in [1.807, 2.05) is 0 Å². The van der Waals surface area contributed by atoms with E-state index in [2.05, 4.69) is 0 Å². The first kappa shape index (κ1) is 15.3. The predicted molar refractivity (Wildman–Crippen MR) is 73.5 cm³/mol. The highest BCUT2D eigenvalue weighted by molar-refractivity contribution is 5.79. The molecule has 1 N–H and O–H groups in total. The van der Waals surface area contributed by atoms with E-state index in [0.29, 0.717) is 25.9 Å². The second-order valence-corrected chi connectivity index (χ2v) is 5.47. The van der Waals surface area contributed by atoms with E-state index in [4.69, 9.17) is 9.84 Å². The van der Waals surface area contributed by atoms with E-state index in [1.54, 1.807) is 24.0 Å². The standard InChI is InChI=1S/C15H18FNO4/c1-15(14(19)20)6-8-17(9-7-15)13(18)10-21-12-5-3-2-4-11(12)16/h2-5H,6-10H2,1H3,(H,19,20). The van der Waals surface area contributed by atoms with Gasteiger partial charge in [0.15, 0.2) is 18.2 Å². The molecule has 0 unspecified atom stereocenters. The lowest BCUT2D eigenvalue weighted by Gasteiger charge is -2.36. The number of para-hydroxylation sites is 1. The van der Waals surface area contributed by atoms with Gasteiger partial charge in [-0.3, -0.25) is 9.59 Å². The number of benzene rings is 1. The van der Waals surface area contributed by atoms with Crippen molar-refractivity contribution in [3.05, 3.63) is 30.1 Å². The summed E-state index contributed by atoms with van der Waals surface area (Å²) in [6.45, 7) is 2.20. The summed E-state index contributed by atoms with van der Waals surface area (Å²) in [5.74, 6) is -1.57. The lowest BCUT2D eigenvalue weighted by molar-refractivity contribution is -0.153. The number of aliphatic carboxylic acids is 1. The largest absolute Gasteiger partial charge is 0.481 e. The van der Waals surface area contributed by atoms with Gasteiger partial charge >= 0.3 is 5.97 Å². The van der Waals surface area contributed by atoms with Crippen molar-refractivity contribution in [2.75, 3.05) is 19.7 Å². The number of halogens is 1. The van der Waals surface area contributed by atoms with Crippen LogP contribution in [-0.4, -0.2) is 41.6 Å². The van der Waals surface area contributed by atoms with E-state index in [0.717, 1.165) is 0 Å². The van der Waals surface area contributed by atoms with E-state index < -0.39 is 17.2 Å². The highest BCUT2D eigenvalue weighted by Gasteiger charge is 2.38. The molecule has 0 atom stereocenters. The number of hydrogen-bond acceptors (Lipinski definition) is 3. The monoisotopic (exact) mass is 295 g/mol. The van der Waals surface area contributed by atoms with E-state index in [9.17, 15) is 14.0 Å². The predicted octanol–water partition coefficient (Wildman–Crippen LogP) is 1.92. The van der Waals surface area contributed by atoms with Crippen LogP contribution < -0.4 is 4.74 Å². The van der Waals surface area contributed by atoms with Gasteiger partial charge in [0, 0.05) is 13.1 Å². The van der Waals surface area contributed by atoms with Gasteiger partial charge in [0.1, 0.15) is 0 Å². The van der Waals surface area contributed by atoms with Gasteiger partial charge in [-0.2, -0.15) is 0 Å². The van der Waals surface area contributed by atoms with Gasteiger partial charge in [-0.05, 0) is 31.9 Å². The van der Waals surface area contributed by atoms with Crippen LogP contribution in [0, 0.1) is 11.2 Å². The molecule has 6 heteroatoms. The number of piperidine rings is 1. The highest BCUT2D eigenvalue weighted by atomic mass is 19.1. The minimum Gasteiger partial charge on any atom is -0.481 e. The molecule has 0 radical (unpaired) electrons. The number of nitrogens with zero attached hydrogens (tertiary/aromatic N) is 1. The minimum absolute atomic E-state index is 0.0400. The van der Waals surface area contributed by atoms with Crippen LogP contribution in [0.4, 0.5) is 4.39 Å². The molecule has 0 spiro atoms. The normalized spacial score (nSPS) is 17.3. The van der Waals surface area contributed by atoms with Crippen LogP contribution in [0.5, 0.6) is 5.75 Å². The van der Waals surface area contributed by atoms with Gasteiger partial charge in [0.05, 0.1) is 5.41 Å². The van der Waals surface area contributed by atoms with Crippen LogP contribution >= 0.6 is 0 Å². The minimum atomic E-state index is -0.836. The van der Waals surface area contributed by atoms with Crippen molar-refractivity contribution in [1.29, 1.82) is 0 Å². The second kappa shape index (κ2) is 6.11. The molecule has 0 aliphatic carbocycles. The fourth-order valence-corrected chi connectivity index (χ4v) is 2.26. The maximum Gasteiger partial charge on any atom is 0.309 e. The Kier molecular flexibility index (Phi) is 4.45. The van der Waals surface area contributed by atoms with Crippen LogP contribution in [0.15, 0.2) is 24.3 Å². The second-order valence-electron chi connectivity index (χ2n) is 5.47. The molecule has 114 valence electrons. The van der Waals surface area contributed by atoms with Gasteiger partial charge in [-0.25, -0.2) is 4.39 Å². The average Bonchev–Trinajstić information content (AvgIpc) is 2.46. The fraction of sp³-hybridized carbons (Fsp3) is 0.467. The summed E-state index contributed by atoms with van der Waals surface area (Å²) < 4.78 is 18.5. The van der Waals surface area contributed by atoms with E-state index >= 15 is 0 Å². The summed E-state index contributed by atoms with van der Waals surface area (Å²) >= 11 is 0. The number of hydrogen-bond donors (Lipinski definition) is 1. The smallest absolute Gasteiger partial charge is 0.309 e. The molecule has 0 saturated carbocycles. The van der Waals surface area contributed by atoms with Crippen molar-refractivity contribution in [1.82, 2.24) is 4.90 Å². The highest BCUT2D eigenvalue weighted by Crippen LogP contribution is 2.31. The van der Waals surface area contributed by atoms with Crippen LogP contribution in [-0.2, 0) is 9.59 Å². The van der Waals surface area contributed by atoms with Crippen molar-refractivity contribution in [2.45, 2.75) is 19.8 Å². The topological polar surface area (TPSA) is 66.8 Å². The van der Waals surface area contributed by atoms with Crippen molar-refractivity contribution in [3.8, 4) is 5.75 Å². The van der Waals surface area contributed by atoms with Crippen LogP contribution in [0.1, 0.15) is 19.8 Å². The average molecular weight is 295 g/mol. The number of carboxylic acid groups (broad SMARTS) is 1. The maximum atomic E-state index is 13.4. The zero-order chi connectivity index (χ0) is 15.5. The zero-order valence-electron chi connectivity index (χ0n) is 11.8. The summed E-state index contributed by atoms with van der Waals surface area (Å²) in [7, 11) is 0. The Hall–Kier alpha value is -2.11. The molecular formula is C15H18FNO4. The first-order valence-corrected chi connectivity index (χ1v) is 6.81. The molecule has 5 nitrogen and oxygen atoms in total. The van der Waals surface area contributed by atoms with E-state index in [1.165, 1.54) is 12.1 Å². The van der Waals surface area contributed by atoms with Crippen molar-refractivity contribution in [3.63, 3.8) is 0 Å². The fourth-order valence-electron chi connectivity index (χ4n) is 2.26. The number of likely N-dealkylation sites (tertiary alicyclic amines) is 1. The summed E-state index contributed by atoms with van der Waals surface area (Å²) in [4.78, 5) is 24.7. The molecule has 1 heterocycles. The van der Waals surface area contributed by atoms with Gasteiger partial charge in [0.25, 0.3) is 5.91 Å². The maximum absolute atomic E-state index is 13.4. The summed E-state index contributed by atoms with van der Waals surface area (Å²) in [6, 6.07) is 5.89. The third kappa shape index (κ3) is 3.51. The quantitative estimate of drug-likeness (QED) is 0.921. The van der Waals surface area contributed by atoms with Gasteiger partial charge in [-0.1, -0.05) is 12.1 Å². The SMILES string of the molecule is CC1(C(=O)O)CCN(C(=O)COc2ccccc2F)CC1. The van der Waals surface area contributed by atoms with Gasteiger partial charge < -0.3 is 14.7 Å². The Morgan fingerprint density at radius 1 is 1.33 bits per heavy atom. The van der Waals surface area contributed by atoms with Gasteiger partial charge in [-0.15, -0.1) is 0 Å². The van der Waals surface area contributed by atoms with Crippen molar-refractivity contribution >= 4 is 11.9 Å². The molecule has 1 saturated heterocycles. The third-order valence-electron chi connectivity index (χ3n) is 3.92. The Balaban J connectivity index is 1.86. The molecular weight excluding hydrogens is 277 g/mol. The first-order valence-electron chi connectivity index (χ1n) is 6.81. The number of carbonyl (C=O) groups is 2. The number of rotatable bonds is 4. The Labute approximate surface area is 122 Å². The third-order valence-corrected chi connectivity index (χ3v) is 3.92. The van der Waals surface area contributed by atoms with Crippen molar-refractivity contribution < 1.29 is 23.8 Å². The molecule has 0 bridgehead atoms. The molecule has 2 rings (SSSR count). The lowest BCUT2D eigenvalue weighted by atomic mass is 9.80. The molecule has 1 amide bonds. The molecule has 1 fully saturated rings. The molecule has 1 aliphatic heterocycles. The molecule has 21 heavy (non-hydrogen) atoms. The first-order chi connectivity index (χ1) is 9.92. The van der Waals surface area contributed by atoms with Crippen LogP contribution in [0.3, 0.4) is 0 Å². The number of ether oxygens (including phenoxy) is 1. The Morgan fingerprint density at radius 3 is 2.52 bits per heavy atom. The summed E-state index contributed by atoms with van der Waals surface area (Å²) in [6.07, 6.45) is 0.821. The number of amides is 1. The van der Waals surface area contributed by atoms with Gasteiger partial charge in [0.2, 0.25) is 0 Å². The summed E-state index contributed by atoms with van der Waals surface area (Å²) in [5, 5.41) is 9.14. The molecule has 1 aromatic rings. The molecule has 1 aliphatic rings. The zero-order valence-corrected chi connectivity index (χ0v) is 11.8. The van der Waals surface area contributed by atoms with Crippen LogP contribution in [0.2, 0.25) is 0 Å².